The van der Waals surface area contributed by atoms with Crippen LogP contribution < -0.4 is 10.2 Å². The third kappa shape index (κ3) is 3.90. The van der Waals surface area contributed by atoms with Crippen molar-refractivity contribution in [3.63, 3.8) is 0 Å². The number of carbonyl (C=O) groups excluding carboxylic acids is 1. The third-order valence-corrected chi connectivity index (χ3v) is 5.57. The van der Waals surface area contributed by atoms with Crippen molar-refractivity contribution in [2.45, 2.75) is 51.5 Å². The van der Waals surface area contributed by atoms with Crippen molar-refractivity contribution >= 4 is 17.3 Å². The fraction of sp³-hybridized carbons (Fsp3) is 0.391. The fourth-order valence-electron chi connectivity index (χ4n) is 4.17. The van der Waals surface area contributed by atoms with Gasteiger partial charge in [-0.05, 0) is 63.1 Å². The molecule has 140 valence electrons. The van der Waals surface area contributed by atoms with E-state index >= 15 is 0 Å². The Morgan fingerprint density at radius 3 is 3.00 bits per heavy atom. The highest BCUT2D eigenvalue weighted by molar-refractivity contribution is 6.08. The van der Waals surface area contributed by atoms with E-state index in [1.165, 1.54) is 31.2 Å². The summed E-state index contributed by atoms with van der Waals surface area (Å²) in [5.74, 6) is 0.0265. The van der Waals surface area contributed by atoms with Crippen LogP contribution in [0, 0.1) is 0 Å². The molecule has 0 fully saturated rings. The molecule has 1 aromatic carbocycles. The third-order valence-electron chi connectivity index (χ3n) is 5.57. The number of amides is 1. The van der Waals surface area contributed by atoms with Crippen LogP contribution in [0.3, 0.4) is 0 Å². The summed E-state index contributed by atoms with van der Waals surface area (Å²) in [7, 11) is 0. The Labute approximate surface area is 161 Å². The molecule has 1 aliphatic heterocycles. The number of nitrogens with one attached hydrogen (secondary N) is 1. The first kappa shape index (κ1) is 17.8. The number of benzene rings is 1. The lowest BCUT2D eigenvalue weighted by Gasteiger charge is -2.23. The maximum Gasteiger partial charge on any atom is 0.260 e. The van der Waals surface area contributed by atoms with Gasteiger partial charge in [-0.15, -0.1) is 0 Å². The SMILES string of the molecule is CC1Cc2ccccc2N1C(=O)c1cncc(NCCC2=CCCCC2)c1. The number of para-hydroxylation sites is 1. The summed E-state index contributed by atoms with van der Waals surface area (Å²) >= 11 is 0. The average molecular weight is 361 g/mol. The van der Waals surface area contributed by atoms with Crippen LogP contribution in [0.5, 0.6) is 0 Å². The minimum atomic E-state index is 0.0265. The van der Waals surface area contributed by atoms with Crippen LogP contribution in [0.25, 0.3) is 0 Å². The molecular weight excluding hydrogens is 334 g/mol. The number of aromatic nitrogens is 1. The zero-order valence-corrected chi connectivity index (χ0v) is 15.9. The van der Waals surface area contributed by atoms with Crippen LogP contribution in [-0.4, -0.2) is 23.5 Å². The van der Waals surface area contributed by atoms with Crippen LogP contribution in [-0.2, 0) is 6.42 Å². The van der Waals surface area contributed by atoms with Crippen molar-refractivity contribution in [2.24, 2.45) is 0 Å². The summed E-state index contributed by atoms with van der Waals surface area (Å²) in [6, 6.07) is 10.3. The number of fused-ring (bicyclic) bond motifs is 1. The molecule has 4 heteroatoms. The van der Waals surface area contributed by atoms with E-state index in [1.54, 1.807) is 18.0 Å². The number of rotatable bonds is 5. The molecule has 27 heavy (non-hydrogen) atoms. The summed E-state index contributed by atoms with van der Waals surface area (Å²) < 4.78 is 0. The number of nitrogens with zero attached hydrogens (tertiary/aromatic N) is 2. The summed E-state index contributed by atoms with van der Waals surface area (Å²) in [5.41, 5.74) is 5.37. The monoisotopic (exact) mass is 361 g/mol. The van der Waals surface area contributed by atoms with E-state index in [0.717, 1.165) is 30.8 Å². The van der Waals surface area contributed by atoms with E-state index in [1.807, 2.05) is 29.2 Å². The van der Waals surface area contributed by atoms with Gasteiger partial charge in [-0.2, -0.15) is 0 Å². The molecule has 1 N–H and O–H groups in total. The van der Waals surface area contributed by atoms with Crippen molar-refractivity contribution in [3.05, 3.63) is 65.5 Å². The predicted molar refractivity (Wildman–Crippen MR) is 110 cm³/mol. The van der Waals surface area contributed by atoms with Gasteiger partial charge in [0, 0.05) is 30.7 Å². The zero-order valence-electron chi connectivity index (χ0n) is 15.9. The number of anilines is 2. The van der Waals surface area contributed by atoms with Crippen LogP contribution in [0.2, 0.25) is 0 Å². The minimum absolute atomic E-state index is 0.0265. The lowest BCUT2D eigenvalue weighted by Crippen LogP contribution is -2.35. The van der Waals surface area contributed by atoms with Gasteiger partial charge >= 0.3 is 0 Å². The van der Waals surface area contributed by atoms with E-state index < -0.39 is 0 Å². The van der Waals surface area contributed by atoms with Gasteiger partial charge in [0.25, 0.3) is 5.91 Å². The molecule has 2 aromatic rings. The van der Waals surface area contributed by atoms with E-state index in [2.05, 4.69) is 29.4 Å². The van der Waals surface area contributed by atoms with Gasteiger partial charge in [0.05, 0.1) is 11.3 Å². The molecule has 0 bridgehead atoms. The molecule has 1 unspecified atom stereocenters. The lowest BCUT2D eigenvalue weighted by molar-refractivity contribution is 0.0981. The predicted octanol–water partition coefficient (Wildman–Crippen LogP) is 4.98. The van der Waals surface area contributed by atoms with Gasteiger partial charge < -0.3 is 10.2 Å². The maximum absolute atomic E-state index is 13.1. The molecule has 1 aromatic heterocycles. The Morgan fingerprint density at radius 1 is 1.26 bits per heavy atom. The Balaban J connectivity index is 1.44. The number of hydrogen-bond acceptors (Lipinski definition) is 3. The minimum Gasteiger partial charge on any atom is -0.383 e. The smallest absolute Gasteiger partial charge is 0.260 e. The Bertz CT molecular complexity index is 858. The molecule has 2 heterocycles. The fourth-order valence-corrected chi connectivity index (χ4v) is 4.17. The zero-order chi connectivity index (χ0) is 18.6. The van der Waals surface area contributed by atoms with Crippen molar-refractivity contribution < 1.29 is 4.79 Å². The highest BCUT2D eigenvalue weighted by Gasteiger charge is 2.31. The van der Waals surface area contributed by atoms with Gasteiger partial charge in [-0.3, -0.25) is 9.78 Å². The molecular formula is C23H27N3O. The quantitative estimate of drug-likeness (QED) is 0.764. The van der Waals surface area contributed by atoms with Crippen LogP contribution in [0.15, 0.2) is 54.4 Å². The number of hydrogen-bond donors (Lipinski definition) is 1. The Morgan fingerprint density at radius 2 is 2.15 bits per heavy atom. The van der Waals surface area contributed by atoms with Gasteiger partial charge in [0.1, 0.15) is 0 Å². The van der Waals surface area contributed by atoms with E-state index in [-0.39, 0.29) is 11.9 Å². The number of allylic oxidation sites excluding steroid dienone is 1. The van der Waals surface area contributed by atoms with Crippen LogP contribution in [0.1, 0.15) is 54.9 Å². The molecule has 1 atom stereocenters. The van der Waals surface area contributed by atoms with Crippen molar-refractivity contribution in [1.82, 2.24) is 4.98 Å². The first-order chi connectivity index (χ1) is 13.2. The van der Waals surface area contributed by atoms with Gasteiger partial charge in [0.15, 0.2) is 0 Å². The van der Waals surface area contributed by atoms with Crippen molar-refractivity contribution in [1.29, 1.82) is 0 Å². The molecule has 0 radical (unpaired) electrons. The molecule has 0 spiro atoms. The highest BCUT2D eigenvalue weighted by Crippen LogP contribution is 2.33. The second kappa shape index (κ2) is 7.95. The lowest BCUT2D eigenvalue weighted by atomic mass is 9.97. The maximum atomic E-state index is 13.1. The largest absolute Gasteiger partial charge is 0.383 e. The van der Waals surface area contributed by atoms with Gasteiger partial charge in [-0.25, -0.2) is 0 Å². The number of pyridine rings is 1. The first-order valence-corrected chi connectivity index (χ1v) is 10.0. The highest BCUT2D eigenvalue weighted by atomic mass is 16.2. The summed E-state index contributed by atoms with van der Waals surface area (Å²) in [4.78, 5) is 19.3. The normalized spacial score (nSPS) is 18.8. The van der Waals surface area contributed by atoms with Gasteiger partial charge in [0.2, 0.25) is 0 Å². The summed E-state index contributed by atoms with van der Waals surface area (Å²) in [5, 5.41) is 3.43. The van der Waals surface area contributed by atoms with Crippen LogP contribution >= 0.6 is 0 Å². The molecule has 1 aliphatic carbocycles. The summed E-state index contributed by atoms with van der Waals surface area (Å²) in [6.07, 6.45) is 12.9. The average Bonchev–Trinajstić information content (AvgIpc) is 3.04. The topological polar surface area (TPSA) is 45.2 Å². The molecule has 0 saturated carbocycles. The molecule has 4 nitrogen and oxygen atoms in total. The molecule has 1 amide bonds. The Kier molecular flexibility index (Phi) is 5.23. The summed E-state index contributed by atoms with van der Waals surface area (Å²) in [6.45, 7) is 2.99. The second-order valence-corrected chi connectivity index (χ2v) is 7.60. The first-order valence-electron chi connectivity index (χ1n) is 10.0. The van der Waals surface area contributed by atoms with Crippen molar-refractivity contribution in [3.8, 4) is 0 Å². The van der Waals surface area contributed by atoms with Crippen LogP contribution in [0.4, 0.5) is 11.4 Å². The van der Waals surface area contributed by atoms with Crippen molar-refractivity contribution in [2.75, 3.05) is 16.8 Å². The van der Waals surface area contributed by atoms with E-state index in [9.17, 15) is 4.79 Å². The van der Waals surface area contributed by atoms with E-state index in [0.29, 0.717) is 5.56 Å². The second-order valence-electron chi connectivity index (χ2n) is 7.60. The standard InChI is InChI=1S/C23H27N3O/c1-17-13-19-9-5-6-10-22(19)26(17)23(27)20-14-21(16-24-15-20)25-12-11-18-7-3-2-4-8-18/h5-7,9-10,14-17,25H,2-4,8,11-13H2,1H3. The molecule has 4 rings (SSSR count). The van der Waals surface area contributed by atoms with E-state index in [4.69, 9.17) is 0 Å². The van der Waals surface area contributed by atoms with Gasteiger partial charge in [-0.1, -0.05) is 29.8 Å². The number of carbonyl (C=O) groups is 1. The molecule has 0 saturated heterocycles. The Hall–Kier alpha value is -2.62. The molecule has 2 aliphatic rings.